The number of ketones is 1. The fourth-order valence-electron chi connectivity index (χ4n) is 3.58. The predicted octanol–water partition coefficient (Wildman–Crippen LogP) is 2.26. The van der Waals surface area contributed by atoms with Gasteiger partial charge in [-0.2, -0.15) is 0 Å². The Morgan fingerprint density at radius 1 is 1.10 bits per heavy atom. The molecule has 1 fully saturated rings. The van der Waals surface area contributed by atoms with Crippen molar-refractivity contribution in [3.05, 3.63) is 65.2 Å². The van der Waals surface area contributed by atoms with Crippen LogP contribution in [0.25, 0.3) is 5.76 Å². The zero-order valence-corrected chi connectivity index (χ0v) is 17.5. The largest absolute Gasteiger partial charge is 0.507 e. The molecule has 0 radical (unpaired) electrons. The monoisotopic (exact) mass is 424 g/mol. The summed E-state index contributed by atoms with van der Waals surface area (Å²) in [5.41, 5.74) is 0.894. The minimum atomic E-state index is -0.894. The van der Waals surface area contributed by atoms with E-state index in [1.165, 1.54) is 26.0 Å². The topological polar surface area (TPSA) is 105 Å². The van der Waals surface area contributed by atoms with Crippen molar-refractivity contribution in [3.8, 4) is 11.5 Å². The molecule has 0 aliphatic carbocycles. The fourth-order valence-corrected chi connectivity index (χ4v) is 3.58. The van der Waals surface area contributed by atoms with E-state index < -0.39 is 17.7 Å². The maximum absolute atomic E-state index is 13.0. The summed E-state index contributed by atoms with van der Waals surface area (Å²) in [5, 5.41) is 13.6. The van der Waals surface area contributed by atoms with Gasteiger partial charge in [0.15, 0.2) is 0 Å². The van der Waals surface area contributed by atoms with Gasteiger partial charge in [-0.25, -0.2) is 0 Å². The molecule has 2 amide bonds. The summed E-state index contributed by atoms with van der Waals surface area (Å²) in [7, 11) is 2.99. The SMILES string of the molecule is COc1ccc(C2/C(=C(/O)c3ccccc3)C(=O)C(=O)N2CCNC(C)=O)c(OC)c1. The lowest BCUT2D eigenvalue weighted by Gasteiger charge is -2.26. The number of amides is 2. The highest BCUT2D eigenvalue weighted by Gasteiger charge is 2.46. The molecular formula is C23H24N2O6. The van der Waals surface area contributed by atoms with Crippen LogP contribution in [-0.2, 0) is 14.4 Å². The Balaban J connectivity index is 2.16. The van der Waals surface area contributed by atoms with Crippen LogP contribution in [0.4, 0.5) is 0 Å². The van der Waals surface area contributed by atoms with Crippen LogP contribution in [0.3, 0.4) is 0 Å². The summed E-state index contributed by atoms with van der Waals surface area (Å²) in [5.74, 6) is -1.14. The van der Waals surface area contributed by atoms with Gasteiger partial charge in [0.05, 0.1) is 25.8 Å². The van der Waals surface area contributed by atoms with Crippen LogP contribution < -0.4 is 14.8 Å². The first kappa shape index (κ1) is 21.9. The Labute approximate surface area is 180 Å². The lowest BCUT2D eigenvalue weighted by molar-refractivity contribution is -0.140. The predicted molar refractivity (Wildman–Crippen MR) is 114 cm³/mol. The quantitative estimate of drug-likeness (QED) is 0.401. The molecule has 2 N–H and O–H groups in total. The van der Waals surface area contributed by atoms with Gasteiger partial charge in [-0.3, -0.25) is 14.4 Å². The molecular weight excluding hydrogens is 400 g/mol. The minimum absolute atomic E-state index is 0.0394. The van der Waals surface area contributed by atoms with Gasteiger partial charge >= 0.3 is 0 Å². The molecule has 0 saturated carbocycles. The van der Waals surface area contributed by atoms with Gasteiger partial charge in [0, 0.05) is 37.2 Å². The summed E-state index contributed by atoms with van der Waals surface area (Å²) >= 11 is 0. The van der Waals surface area contributed by atoms with E-state index in [0.717, 1.165) is 0 Å². The second-order valence-corrected chi connectivity index (χ2v) is 6.95. The molecule has 1 unspecified atom stereocenters. The van der Waals surface area contributed by atoms with Gasteiger partial charge in [-0.1, -0.05) is 30.3 Å². The second kappa shape index (κ2) is 9.34. The Bertz CT molecular complexity index is 1030. The molecule has 8 heteroatoms. The maximum Gasteiger partial charge on any atom is 0.295 e. The van der Waals surface area contributed by atoms with Crippen LogP contribution in [0.1, 0.15) is 24.1 Å². The summed E-state index contributed by atoms with van der Waals surface area (Å²) in [6.07, 6.45) is 0. The van der Waals surface area contributed by atoms with Crippen LogP contribution >= 0.6 is 0 Å². The average molecular weight is 424 g/mol. The number of hydrogen-bond acceptors (Lipinski definition) is 6. The highest BCUT2D eigenvalue weighted by atomic mass is 16.5. The second-order valence-electron chi connectivity index (χ2n) is 6.95. The first-order valence-electron chi connectivity index (χ1n) is 9.69. The average Bonchev–Trinajstić information content (AvgIpc) is 3.03. The number of ether oxygens (including phenoxy) is 2. The fraction of sp³-hybridized carbons (Fsp3) is 0.261. The van der Waals surface area contributed by atoms with E-state index in [9.17, 15) is 19.5 Å². The molecule has 1 saturated heterocycles. The van der Waals surface area contributed by atoms with Crippen molar-refractivity contribution < 1.29 is 29.0 Å². The zero-order valence-electron chi connectivity index (χ0n) is 17.5. The van der Waals surface area contributed by atoms with Crippen molar-refractivity contribution in [1.29, 1.82) is 0 Å². The smallest absolute Gasteiger partial charge is 0.295 e. The number of carbonyl (C=O) groups is 3. The molecule has 1 aliphatic heterocycles. The third kappa shape index (κ3) is 4.37. The maximum atomic E-state index is 13.0. The number of hydrogen-bond donors (Lipinski definition) is 2. The number of aliphatic hydroxyl groups excluding tert-OH is 1. The highest BCUT2D eigenvalue weighted by molar-refractivity contribution is 6.46. The molecule has 1 heterocycles. The third-order valence-corrected chi connectivity index (χ3v) is 5.05. The van der Waals surface area contributed by atoms with E-state index in [1.807, 2.05) is 0 Å². The highest BCUT2D eigenvalue weighted by Crippen LogP contribution is 2.43. The third-order valence-electron chi connectivity index (χ3n) is 5.05. The number of Topliss-reactive ketones (excluding diaryl/α,β-unsaturated/α-hetero) is 1. The molecule has 1 atom stereocenters. The van der Waals surface area contributed by atoms with E-state index in [4.69, 9.17) is 9.47 Å². The molecule has 31 heavy (non-hydrogen) atoms. The summed E-state index contributed by atoms with van der Waals surface area (Å²) < 4.78 is 10.7. The number of nitrogens with one attached hydrogen (secondary N) is 1. The first-order valence-corrected chi connectivity index (χ1v) is 9.69. The van der Waals surface area contributed by atoms with Gasteiger partial charge in [0.2, 0.25) is 5.91 Å². The van der Waals surface area contributed by atoms with Crippen LogP contribution in [-0.4, -0.2) is 54.9 Å². The Kier molecular flexibility index (Phi) is 6.59. The lowest BCUT2D eigenvalue weighted by Crippen LogP contribution is -2.37. The molecule has 1 aliphatic rings. The Hall–Kier alpha value is -3.81. The number of carbonyl (C=O) groups excluding carboxylic acids is 3. The number of likely N-dealkylation sites (tertiary alicyclic amines) is 1. The summed E-state index contributed by atoms with van der Waals surface area (Å²) in [6, 6.07) is 12.7. The van der Waals surface area contributed by atoms with Crippen LogP contribution in [0, 0.1) is 0 Å². The van der Waals surface area contributed by atoms with Crippen molar-refractivity contribution in [2.75, 3.05) is 27.3 Å². The van der Waals surface area contributed by atoms with E-state index >= 15 is 0 Å². The van der Waals surface area contributed by atoms with Gasteiger partial charge in [-0.15, -0.1) is 0 Å². The number of benzene rings is 2. The van der Waals surface area contributed by atoms with E-state index in [1.54, 1.807) is 48.5 Å². The van der Waals surface area contributed by atoms with Crippen molar-refractivity contribution in [3.63, 3.8) is 0 Å². The normalized spacial score (nSPS) is 17.5. The van der Waals surface area contributed by atoms with E-state index in [-0.39, 0.29) is 30.3 Å². The molecule has 8 nitrogen and oxygen atoms in total. The lowest BCUT2D eigenvalue weighted by atomic mass is 9.94. The molecule has 0 spiro atoms. The molecule has 162 valence electrons. The van der Waals surface area contributed by atoms with Gasteiger partial charge < -0.3 is 24.8 Å². The molecule has 2 aromatic rings. The van der Waals surface area contributed by atoms with Gasteiger partial charge in [0.25, 0.3) is 11.7 Å². The number of rotatable bonds is 7. The van der Waals surface area contributed by atoms with Gasteiger partial charge in [-0.05, 0) is 12.1 Å². The zero-order chi connectivity index (χ0) is 22.5. The van der Waals surface area contributed by atoms with Crippen LogP contribution in [0.15, 0.2) is 54.1 Å². The molecule has 3 rings (SSSR count). The summed E-state index contributed by atoms with van der Waals surface area (Å²) in [4.78, 5) is 38.5. The number of nitrogens with zero attached hydrogens (tertiary/aromatic N) is 1. The van der Waals surface area contributed by atoms with E-state index in [2.05, 4.69) is 5.32 Å². The van der Waals surface area contributed by atoms with Crippen molar-refractivity contribution >= 4 is 23.4 Å². The Morgan fingerprint density at radius 2 is 1.81 bits per heavy atom. The minimum Gasteiger partial charge on any atom is -0.507 e. The molecule has 0 aromatic heterocycles. The van der Waals surface area contributed by atoms with E-state index in [0.29, 0.717) is 22.6 Å². The number of aliphatic hydroxyl groups is 1. The van der Waals surface area contributed by atoms with Crippen LogP contribution in [0.2, 0.25) is 0 Å². The first-order chi connectivity index (χ1) is 14.9. The molecule has 0 bridgehead atoms. The van der Waals surface area contributed by atoms with Crippen LogP contribution in [0.5, 0.6) is 11.5 Å². The van der Waals surface area contributed by atoms with Crippen molar-refractivity contribution in [1.82, 2.24) is 10.2 Å². The molecule has 2 aromatic carbocycles. The van der Waals surface area contributed by atoms with Crippen molar-refractivity contribution in [2.45, 2.75) is 13.0 Å². The summed E-state index contributed by atoms with van der Waals surface area (Å²) in [6.45, 7) is 1.60. The van der Waals surface area contributed by atoms with Crippen molar-refractivity contribution in [2.24, 2.45) is 0 Å². The standard InChI is InChI=1S/C23H24N2O6/c1-14(26)24-11-12-25-20(17-10-9-16(30-2)13-18(17)31-3)19(22(28)23(25)29)21(27)15-7-5-4-6-8-15/h4-10,13,20,27H,11-12H2,1-3H3,(H,24,26)/b21-19-. The Morgan fingerprint density at radius 3 is 2.42 bits per heavy atom. The number of methoxy groups -OCH3 is 2. The van der Waals surface area contributed by atoms with Gasteiger partial charge in [0.1, 0.15) is 17.3 Å².